The van der Waals surface area contributed by atoms with E-state index in [1.807, 2.05) is 11.8 Å². The molecule has 1 aromatic rings. The summed E-state index contributed by atoms with van der Waals surface area (Å²) >= 11 is 0. The van der Waals surface area contributed by atoms with Gasteiger partial charge in [0, 0.05) is 26.1 Å². The number of amides is 5. The van der Waals surface area contributed by atoms with E-state index < -0.39 is 41.8 Å². The summed E-state index contributed by atoms with van der Waals surface area (Å²) in [4.78, 5) is 69.9. The SMILES string of the molecule is CC1N(C)C(CCCN(O)C(=O)CCNC(=O)CNC(=O)C2COC(c3ccccc3O)=N2)C(=O)N1C1CCCN(O)C1=O. The molecule has 44 heavy (non-hydrogen) atoms. The lowest BCUT2D eigenvalue weighted by Gasteiger charge is -2.36. The van der Waals surface area contributed by atoms with Crippen LogP contribution in [-0.4, -0.2) is 135 Å². The van der Waals surface area contributed by atoms with Gasteiger partial charge >= 0.3 is 0 Å². The summed E-state index contributed by atoms with van der Waals surface area (Å²) in [7, 11) is 1.77. The summed E-state index contributed by atoms with van der Waals surface area (Å²) in [5, 5.41) is 36.0. The molecule has 0 aromatic heterocycles. The van der Waals surface area contributed by atoms with Gasteiger partial charge in [-0.1, -0.05) is 12.1 Å². The number of aromatic hydroxyl groups is 1. The lowest BCUT2D eigenvalue weighted by molar-refractivity contribution is -0.180. The number of carbonyl (C=O) groups is 5. The number of nitrogens with zero attached hydrogens (tertiary/aromatic N) is 5. The molecule has 3 aliphatic heterocycles. The van der Waals surface area contributed by atoms with E-state index in [0.29, 0.717) is 41.4 Å². The molecular formula is C28H39N7O9. The third-order valence-electron chi connectivity index (χ3n) is 8.05. The van der Waals surface area contributed by atoms with Gasteiger partial charge in [-0.3, -0.25) is 39.3 Å². The molecule has 0 saturated carbocycles. The highest BCUT2D eigenvalue weighted by Gasteiger charge is 2.47. The Balaban J connectivity index is 1.13. The van der Waals surface area contributed by atoms with Crippen molar-refractivity contribution in [3.63, 3.8) is 0 Å². The maximum Gasteiger partial charge on any atom is 0.268 e. The molecule has 1 aromatic carbocycles. The summed E-state index contributed by atoms with van der Waals surface area (Å²) in [6.07, 6.45) is 1.17. The quantitative estimate of drug-likeness (QED) is 0.143. The Labute approximate surface area is 254 Å². The minimum Gasteiger partial charge on any atom is -0.507 e. The molecule has 16 nitrogen and oxygen atoms in total. The third-order valence-corrected chi connectivity index (χ3v) is 8.05. The molecule has 4 rings (SSSR count). The van der Waals surface area contributed by atoms with Crippen molar-refractivity contribution >= 4 is 35.4 Å². The number of rotatable bonds is 12. The molecule has 240 valence electrons. The summed E-state index contributed by atoms with van der Waals surface area (Å²) in [6.45, 7) is 1.56. The van der Waals surface area contributed by atoms with E-state index in [1.165, 1.54) is 11.0 Å². The number of phenolic OH excluding ortho intramolecular Hbond substituents is 1. The number of nitrogens with one attached hydrogen (secondary N) is 2. The Kier molecular flexibility index (Phi) is 10.7. The molecule has 4 unspecified atom stereocenters. The van der Waals surface area contributed by atoms with Crippen LogP contribution in [0.15, 0.2) is 29.3 Å². The van der Waals surface area contributed by atoms with Crippen LogP contribution in [0.5, 0.6) is 5.75 Å². The van der Waals surface area contributed by atoms with Crippen LogP contribution in [0.2, 0.25) is 0 Å². The van der Waals surface area contributed by atoms with Crippen LogP contribution >= 0.6 is 0 Å². The first-order chi connectivity index (χ1) is 21.0. The topological polar surface area (TPSA) is 205 Å². The molecule has 0 bridgehead atoms. The molecule has 3 heterocycles. The van der Waals surface area contributed by atoms with Crippen molar-refractivity contribution in [1.29, 1.82) is 0 Å². The molecule has 16 heteroatoms. The number of aliphatic imine (C=N–C) groups is 1. The van der Waals surface area contributed by atoms with Crippen molar-refractivity contribution in [1.82, 2.24) is 30.6 Å². The van der Waals surface area contributed by atoms with Crippen LogP contribution < -0.4 is 10.6 Å². The van der Waals surface area contributed by atoms with Gasteiger partial charge in [0.05, 0.1) is 24.3 Å². The Morgan fingerprint density at radius 2 is 1.91 bits per heavy atom. The molecule has 5 N–H and O–H groups in total. The summed E-state index contributed by atoms with van der Waals surface area (Å²) < 4.78 is 5.40. The molecule has 0 spiro atoms. The molecule has 0 radical (unpaired) electrons. The second kappa shape index (κ2) is 14.5. The monoisotopic (exact) mass is 617 g/mol. The smallest absolute Gasteiger partial charge is 0.268 e. The van der Waals surface area contributed by atoms with Gasteiger partial charge in [0.1, 0.15) is 18.4 Å². The summed E-state index contributed by atoms with van der Waals surface area (Å²) in [5.41, 5.74) is 0.358. The maximum atomic E-state index is 13.1. The minimum absolute atomic E-state index is 0.0328. The number of phenols is 1. The van der Waals surface area contributed by atoms with Crippen molar-refractivity contribution in [3.8, 4) is 5.75 Å². The van der Waals surface area contributed by atoms with Gasteiger partial charge in [-0.05, 0) is 51.8 Å². The Bertz CT molecular complexity index is 1290. The number of piperidine rings is 1. The first-order valence-corrected chi connectivity index (χ1v) is 14.6. The largest absolute Gasteiger partial charge is 0.507 e. The van der Waals surface area contributed by atoms with Gasteiger partial charge in [-0.15, -0.1) is 0 Å². The molecule has 5 amide bonds. The van der Waals surface area contributed by atoms with E-state index in [4.69, 9.17) is 4.74 Å². The second-order valence-corrected chi connectivity index (χ2v) is 10.9. The van der Waals surface area contributed by atoms with E-state index in [-0.39, 0.29) is 62.9 Å². The number of para-hydroxylation sites is 1. The Morgan fingerprint density at radius 3 is 2.66 bits per heavy atom. The van der Waals surface area contributed by atoms with Crippen LogP contribution in [0.3, 0.4) is 0 Å². The lowest BCUT2D eigenvalue weighted by atomic mass is 10.0. The van der Waals surface area contributed by atoms with Gasteiger partial charge in [-0.25, -0.2) is 15.1 Å². The van der Waals surface area contributed by atoms with Crippen molar-refractivity contribution in [2.24, 2.45) is 4.99 Å². The van der Waals surface area contributed by atoms with Gasteiger partial charge in [-0.2, -0.15) is 0 Å². The van der Waals surface area contributed by atoms with Gasteiger partial charge in [0.15, 0.2) is 6.04 Å². The molecule has 3 aliphatic rings. The van der Waals surface area contributed by atoms with E-state index in [1.54, 1.807) is 25.2 Å². The second-order valence-electron chi connectivity index (χ2n) is 10.9. The number of carbonyl (C=O) groups excluding carboxylic acids is 5. The average molecular weight is 618 g/mol. The summed E-state index contributed by atoms with van der Waals surface area (Å²) in [6, 6.07) is 4.27. The van der Waals surface area contributed by atoms with Gasteiger partial charge in [0.2, 0.25) is 29.5 Å². The van der Waals surface area contributed by atoms with E-state index in [2.05, 4.69) is 15.6 Å². The number of hydrogen-bond acceptors (Lipinski definition) is 11. The number of ether oxygens (including phenoxy) is 1. The van der Waals surface area contributed by atoms with Crippen LogP contribution in [-0.2, 0) is 28.7 Å². The van der Waals surface area contributed by atoms with Gasteiger partial charge < -0.3 is 25.4 Å². The normalized spacial score (nSPS) is 23.8. The van der Waals surface area contributed by atoms with Crippen molar-refractivity contribution < 1.29 is 44.2 Å². The standard InChI is InChI=1S/C28H39N7O9/c1-17-32(2)20(28(41)35(17)21-9-6-14-34(43)27(21)40)8-5-13-33(42)24(38)11-12-29-23(37)15-30-25(39)19-16-44-26(31-19)18-7-3-4-10-22(18)36/h3-4,7,10,17,19-21,36,42-43H,5-6,8-9,11-16H2,1-2H3,(H,29,37)(H,30,39). The number of hydroxylamine groups is 4. The highest BCUT2D eigenvalue weighted by molar-refractivity contribution is 6.00. The minimum atomic E-state index is -0.881. The molecule has 4 atom stereocenters. The first kappa shape index (κ1) is 32.6. The van der Waals surface area contributed by atoms with Crippen molar-refractivity contribution in [3.05, 3.63) is 29.8 Å². The zero-order chi connectivity index (χ0) is 32.0. The van der Waals surface area contributed by atoms with Crippen molar-refractivity contribution in [2.75, 3.05) is 39.8 Å². The number of benzene rings is 1. The zero-order valence-electron chi connectivity index (χ0n) is 24.7. The fourth-order valence-electron chi connectivity index (χ4n) is 5.48. The van der Waals surface area contributed by atoms with Crippen LogP contribution in [0.4, 0.5) is 0 Å². The van der Waals surface area contributed by atoms with Crippen LogP contribution in [0, 0.1) is 0 Å². The van der Waals surface area contributed by atoms with Gasteiger partial charge in [0.25, 0.3) is 5.91 Å². The van der Waals surface area contributed by atoms with E-state index in [0.717, 1.165) is 0 Å². The Morgan fingerprint density at radius 1 is 1.16 bits per heavy atom. The average Bonchev–Trinajstić information content (AvgIpc) is 3.57. The summed E-state index contributed by atoms with van der Waals surface area (Å²) in [5.74, 6) is -2.33. The highest BCUT2D eigenvalue weighted by Crippen LogP contribution is 2.29. The maximum absolute atomic E-state index is 13.1. The lowest BCUT2D eigenvalue weighted by Crippen LogP contribution is -2.54. The number of likely N-dealkylation sites (N-methyl/N-ethyl adjacent to an activating group) is 1. The van der Waals surface area contributed by atoms with E-state index in [9.17, 15) is 39.5 Å². The zero-order valence-corrected chi connectivity index (χ0v) is 24.7. The predicted molar refractivity (Wildman–Crippen MR) is 152 cm³/mol. The Hall–Kier alpha value is -4.28. The molecular weight excluding hydrogens is 578 g/mol. The molecule has 2 fully saturated rings. The fourth-order valence-corrected chi connectivity index (χ4v) is 5.48. The third kappa shape index (κ3) is 7.43. The van der Waals surface area contributed by atoms with E-state index >= 15 is 0 Å². The molecule has 2 saturated heterocycles. The van der Waals surface area contributed by atoms with Crippen LogP contribution in [0.1, 0.15) is 44.6 Å². The predicted octanol–water partition coefficient (Wildman–Crippen LogP) is -0.973. The molecule has 0 aliphatic carbocycles. The van der Waals surface area contributed by atoms with Crippen LogP contribution in [0.25, 0.3) is 0 Å². The first-order valence-electron chi connectivity index (χ1n) is 14.6. The fraction of sp³-hybridized carbons (Fsp3) is 0.571. The van der Waals surface area contributed by atoms with Crippen molar-refractivity contribution in [2.45, 2.75) is 63.3 Å². The number of hydrogen-bond donors (Lipinski definition) is 5. The highest BCUT2D eigenvalue weighted by atomic mass is 16.5.